The maximum atomic E-state index is 14.1. The van der Waals surface area contributed by atoms with Crippen molar-refractivity contribution in [1.29, 1.82) is 0 Å². The largest absolute Gasteiger partial charge is 0.495 e. The molecule has 1 heterocycles. The smallest absolute Gasteiger partial charge is 0.261 e. The second-order valence-electron chi connectivity index (χ2n) is 9.01. The topological polar surface area (TPSA) is 94.6 Å². The number of methoxy groups -OCH3 is 4. The summed E-state index contributed by atoms with van der Waals surface area (Å²) in [5.41, 5.74) is 1.63. The molecule has 0 fully saturated rings. The third kappa shape index (κ3) is 4.45. The molecule has 1 aliphatic heterocycles. The summed E-state index contributed by atoms with van der Waals surface area (Å²) in [5, 5.41) is 1.47. The molecule has 0 bridgehead atoms. The minimum Gasteiger partial charge on any atom is -0.495 e. The van der Waals surface area contributed by atoms with E-state index in [0.29, 0.717) is 45.2 Å². The summed E-state index contributed by atoms with van der Waals surface area (Å²) in [6, 6.07) is 20.9. The zero-order valence-electron chi connectivity index (χ0n) is 22.6. The fourth-order valence-corrected chi connectivity index (χ4v) is 5.03. The Hall–Kier alpha value is -5.05. The van der Waals surface area contributed by atoms with Crippen molar-refractivity contribution in [3.05, 3.63) is 89.5 Å². The van der Waals surface area contributed by atoms with E-state index in [-0.39, 0.29) is 18.7 Å². The van der Waals surface area contributed by atoms with Crippen molar-refractivity contribution in [3.8, 4) is 23.0 Å². The van der Waals surface area contributed by atoms with Crippen LogP contribution in [0.2, 0.25) is 0 Å². The number of para-hydroxylation sites is 2. The summed E-state index contributed by atoms with van der Waals surface area (Å²) < 4.78 is 21.8. The van der Waals surface area contributed by atoms with Gasteiger partial charge in [-0.1, -0.05) is 36.4 Å². The van der Waals surface area contributed by atoms with Crippen LogP contribution in [0.1, 0.15) is 31.1 Å². The van der Waals surface area contributed by atoms with Gasteiger partial charge in [-0.3, -0.25) is 19.3 Å². The number of amides is 3. The number of ether oxygens (including phenoxy) is 4. The van der Waals surface area contributed by atoms with Gasteiger partial charge in [-0.25, -0.2) is 0 Å². The Labute approximate surface area is 231 Å². The van der Waals surface area contributed by atoms with E-state index < -0.39 is 17.7 Å². The van der Waals surface area contributed by atoms with E-state index in [1.807, 2.05) is 12.1 Å². The maximum absolute atomic E-state index is 14.1. The van der Waals surface area contributed by atoms with Crippen LogP contribution in [0.4, 0.5) is 5.69 Å². The van der Waals surface area contributed by atoms with Crippen molar-refractivity contribution in [3.63, 3.8) is 0 Å². The predicted molar refractivity (Wildman–Crippen MR) is 150 cm³/mol. The Morgan fingerprint density at radius 1 is 0.725 bits per heavy atom. The number of anilines is 1. The highest BCUT2D eigenvalue weighted by atomic mass is 16.5. The molecule has 9 nitrogen and oxygen atoms in total. The molecule has 204 valence electrons. The van der Waals surface area contributed by atoms with Crippen LogP contribution in [0, 0.1) is 0 Å². The summed E-state index contributed by atoms with van der Waals surface area (Å²) in [4.78, 5) is 43.7. The fraction of sp³-hybridized carbons (Fsp3) is 0.194. The maximum Gasteiger partial charge on any atom is 0.261 e. The molecule has 5 rings (SSSR count). The summed E-state index contributed by atoms with van der Waals surface area (Å²) in [5.74, 6) is 0.206. The molecule has 0 saturated carbocycles. The Bertz CT molecular complexity index is 1560. The van der Waals surface area contributed by atoms with Crippen molar-refractivity contribution in [2.24, 2.45) is 0 Å². The van der Waals surface area contributed by atoms with Gasteiger partial charge in [0.05, 0.1) is 34.1 Å². The normalized spacial score (nSPS) is 12.3. The molecule has 0 aliphatic carbocycles. The first kappa shape index (κ1) is 26.6. The number of imide groups is 1. The van der Waals surface area contributed by atoms with Gasteiger partial charge in [-0.2, -0.15) is 0 Å². The number of carbonyl (C=O) groups excluding carboxylic acids is 3. The minimum atomic E-state index is -0.414. The average Bonchev–Trinajstić information content (AvgIpc) is 3.00. The van der Waals surface area contributed by atoms with Crippen LogP contribution in [0.5, 0.6) is 23.0 Å². The molecule has 3 amide bonds. The summed E-state index contributed by atoms with van der Waals surface area (Å²) in [7, 11) is 5.93. The molecular formula is C31H28N2O7. The second-order valence-corrected chi connectivity index (χ2v) is 9.01. The van der Waals surface area contributed by atoms with E-state index in [4.69, 9.17) is 18.9 Å². The molecule has 4 aromatic carbocycles. The lowest BCUT2D eigenvalue weighted by atomic mass is 9.94. The predicted octanol–water partition coefficient (Wildman–Crippen LogP) is 4.82. The molecule has 4 aromatic rings. The third-order valence-corrected chi connectivity index (χ3v) is 6.94. The fourth-order valence-electron chi connectivity index (χ4n) is 5.03. The molecule has 0 radical (unpaired) electrons. The highest BCUT2D eigenvalue weighted by Crippen LogP contribution is 2.39. The van der Waals surface area contributed by atoms with E-state index >= 15 is 0 Å². The number of benzene rings is 4. The second kappa shape index (κ2) is 11.0. The number of rotatable bonds is 9. The molecule has 0 unspecified atom stereocenters. The van der Waals surface area contributed by atoms with E-state index in [2.05, 4.69) is 0 Å². The van der Waals surface area contributed by atoms with Crippen molar-refractivity contribution < 1.29 is 33.3 Å². The quantitative estimate of drug-likeness (QED) is 0.281. The first-order valence-electron chi connectivity index (χ1n) is 12.6. The van der Waals surface area contributed by atoms with Gasteiger partial charge in [0.1, 0.15) is 5.75 Å². The van der Waals surface area contributed by atoms with Gasteiger partial charge >= 0.3 is 0 Å². The summed E-state index contributed by atoms with van der Waals surface area (Å²) >= 11 is 0. The van der Waals surface area contributed by atoms with Crippen LogP contribution in [0.15, 0.2) is 72.8 Å². The first-order valence-corrected chi connectivity index (χ1v) is 12.6. The zero-order valence-corrected chi connectivity index (χ0v) is 22.6. The van der Waals surface area contributed by atoms with Gasteiger partial charge in [-0.05, 0) is 41.8 Å². The summed E-state index contributed by atoms with van der Waals surface area (Å²) in [6.45, 7) is -0.0396. The SMILES string of the molecule is COc1ccccc1N(CCN1C(=O)c2cccc3cccc(c23)C1=O)C(=O)c1cc(OC)c(OC)c(OC)c1. The van der Waals surface area contributed by atoms with Gasteiger partial charge in [0.15, 0.2) is 11.5 Å². The molecule has 0 N–H and O–H groups in total. The van der Waals surface area contributed by atoms with E-state index in [0.717, 1.165) is 5.39 Å². The van der Waals surface area contributed by atoms with Crippen molar-refractivity contribution in [2.45, 2.75) is 0 Å². The van der Waals surface area contributed by atoms with Gasteiger partial charge < -0.3 is 23.8 Å². The van der Waals surface area contributed by atoms with E-state index in [1.54, 1.807) is 60.7 Å². The molecule has 0 atom stereocenters. The van der Waals surface area contributed by atoms with E-state index in [1.165, 1.54) is 38.2 Å². The monoisotopic (exact) mass is 540 g/mol. The minimum absolute atomic E-state index is 0.00545. The molecular weight excluding hydrogens is 512 g/mol. The zero-order chi connectivity index (χ0) is 28.4. The van der Waals surface area contributed by atoms with Crippen LogP contribution in [-0.4, -0.2) is 64.2 Å². The molecule has 1 aliphatic rings. The van der Waals surface area contributed by atoms with Crippen LogP contribution in [0.3, 0.4) is 0 Å². The summed E-state index contributed by atoms with van der Waals surface area (Å²) in [6.07, 6.45) is 0. The van der Waals surface area contributed by atoms with Crippen molar-refractivity contribution >= 4 is 34.2 Å². The van der Waals surface area contributed by atoms with E-state index in [9.17, 15) is 14.4 Å². The van der Waals surface area contributed by atoms with Crippen molar-refractivity contribution in [1.82, 2.24) is 4.90 Å². The van der Waals surface area contributed by atoms with Crippen LogP contribution < -0.4 is 23.8 Å². The Morgan fingerprint density at radius 3 is 1.85 bits per heavy atom. The van der Waals surface area contributed by atoms with Crippen molar-refractivity contribution in [2.75, 3.05) is 46.4 Å². The van der Waals surface area contributed by atoms with Gasteiger partial charge in [0.25, 0.3) is 17.7 Å². The Balaban J connectivity index is 1.53. The first-order chi connectivity index (χ1) is 19.4. The molecule has 9 heteroatoms. The Morgan fingerprint density at radius 2 is 1.30 bits per heavy atom. The lowest BCUT2D eigenvalue weighted by Crippen LogP contribution is -2.46. The number of carbonyl (C=O) groups is 3. The van der Waals surface area contributed by atoms with Gasteiger partial charge in [-0.15, -0.1) is 0 Å². The number of hydrogen-bond donors (Lipinski definition) is 0. The number of nitrogens with zero attached hydrogens (tertiary/aromatic N) is 2. The number of hydrogen-bond acceptors (Lipinski definition) is 7. The average molecular weight is 541 g/mol. The van der Waals surface area contributed by atoms with Crippen LogP contribution in [-0.2, 0) is 0 Å². The molecule has 0 saturated heterocycles. The highest BCUT2D eigenvalue weighted by Gasteiger charge is 2.34. The molecule has 40 heavy (non-hydrogen) atoms. The Kier molecular flexibility index (Phi) is 7.29. The third-order valence-electron chi connectivity index (χ3n) is 6.94. The lowest BCUT2D eigenvalue weighted by Gasteiger charge is -2.31. The molecule has 0 spiro atoms. The van der Waals surface area contributed by atoms with Crippen LogP contribution in [0.25, 0.3) is 10.8 Å². The molecule has 0 aromatic heterocycles. The standard InChI is InChI=1S/C31H28N2O7/c1-37-24-14-6-5-13-23(24)32(29(34)20-17-25(38-2)28(40-4)26(18-20)39-3)15-16-33-30(35)21-11-7-9-19-10-8-12-22(27(19)21)31(33)36/h5-14,17-18H,15-16H2,1-4H3. The van der Waals surface area contributed by atoms with Crippen LogP contribution >= 0.6 is 0 Å². The van der Waals surface area contributed by atoms with Gasteiger partial charge in [0, 0.05) is 35.2 Å². The lowest BCUT2D eigenvalue weighted by molar-refractivity contribution is 0.0611. The highest BCUT2D eigenvalue weighted by molar-refractivity contribution is 6.25. The van der Waals surface area contributed by atoms with Gasteiger partial charge in [0.2, 0.25) is 5.75 Å².